The molecular weight excluding hydrogens is 416 g/mol. The molecule has 0 saturated carbocycles. The van der Waals surface area contributed by atoms with E-state index in [2.05, 4.69) is 10.4 Å². The van der Waals surface area contributed by atoms with Crippen LogP contribution in [0.5, 0.6) is 0 Å². The molecule has 33 heavy (non-hydrogen) atoms. The molecule has 1 aromatic heterocycles. The Hall–Kier alpha value is -3.61. The molecule has 2 heterocycles. The number of hydrogen-bond donors (Lipinski definition) is 2. The fourth-order valence-electron chi connectivity index (χ4n) is 4.91. The van der Waals surface area contributed by atoms with Crippen molar-refractivity contribution >= 4 is 17.8 Å². The number of para-hydroxylation sites is 1. The zero-order chi connectivity index (χ0) is 23.8. The molecule has 2 atom stereocenters. The number of carbonyl (C=O) groups excluding carboxylic acids is 1. The Bertz CT molecular complexity index is 1150. The Morgan fingerprint density at radius 3 is 2.24 bits per heavy atom. The van der Waals surface area contributed by atoms with Crippen molar-refractivity contribution in [2.45, 2.75) is 52.1 Å². The number of nitrogens with zero attached hydrogens (tertiary/aromatic N) is 3. The van der Waals surface area contributed by atoms with E-state index in [9.17, 15) is 14.7 Å². The van der Waals surface area contributed by atoms with Crippen LogP contribution in [0.4, 0.5) is 10.6 Å². The number of carboxylic acid groups (broad SMARTS) is 1. The maximum atomic E-state index is 13.9. The van der Waals surface area contributed by atoms with E-state index in [1.54, 1.807) is 4.68 Å². The van der Waals surface area contributed by atoms with Crippen molar-refractivity contribution in [3.05, 3.63) is 66.9 Å². The Morgan fingerprint density at radius 2 is 1.67 bits per heavy atom. The maximum absolute atomic E-state index is 13.9. The fraction of sp³-hybridized carbons (Fsp3) is 0.346. The van der Waals surface area contributed by atoms with Gasteiger partial charge in [0.15, 0.2) is 5.82 Å². The van der Waals surface area contributed by atoms with E-state index in [-0.39, 0.29) is 11.9 Å². The first-order valence-electron chi connectivity index (χ1n) is 11.2. The van der Waals surface area contributed by atoms with Gasteiger partial charge in [0.1, 0.15) is 5.54 Å². The average molecular weight is 447 g/mol. The van der Waals surface area contributed by atoms with Crippen LogP contribution in [0.25, 0.3) is 16.8 Å². The summed E-state index contributed by atoms with van der Waals surface area (Å²) in [5.74, 6) is 0.0563. The van der Waals surface area contributed by atoms with E-state index < -0.39 is 17.0 Å². The monoisotopic (exact) mass is 446 g/mol. The summed E-state index contributed by atoms with van der Waals surface area (Å²) in [6.45, 7) is 7.61. The minimum Gasteiger partial charge on any atom is -0.465 e. The smallest absolute Gasteiger partial charge is 0.408 e. The van der Waals surface area contributed by atoms with Crippen molar-refractivity contribution in [3.63, 3.8) is 0 Å². The zero-order valence-corrected chi connectivity index (χ0v) is 19.4. The van der Waals surface area contributed by atoms with Crippen molar-refractivity contribution in [1.82, 2.24) is 14.7 Å². The topological polar surface area (TPSA) is 87.5 Å². The minimum absolute atomic E-state index is 0.247. The van der Waals surface area contributed by atoms with Crippen LogP contribution >= 0.6 is 0 Å². The highest BCUT2D eigenvalue weighted by Gasteiger charge is 2.59. The van der Waals surface area contributed by atoms with Crippen molar-refractivity contribution in [3.8, 4) is 16.8 Å². The SMILES string of the molecule is C[C@H]1CC[C@](C(=O)Nc2nn(-c3ccccc3)cc2-c2ccccc2)(C(C)(C)C)N1C(=O)O. The predicted octanol–water partition coefficient (Wildman–Crippen LogP) is 5.43. The first-order valence-corrected chi connectivity index (χ1v) is 11.2. The van der Waals surface area contributed by atoms with Crippen LogP contribution < -0.4 is 5.32 Å². The molecule has 2 amide bonds. The lowest BCUT2D eigenvalue weighted by Crippen LogP contribution is -2.63. The average Bonchev–Trinajstić information content (AvgIpc) is 3.36. The van der Waals surface area contributed by atoms with Gasteiger partial charge in [0.25, 0.3) is 5.91 Å². The van der Waals surface area contributed by atoms with Crippen molar-refractivity contribution in [2.24, 2.45) is 5.41 Å². The first-order chi connectivity index (χ1) is 15.6. The Labute approximate surface area is 194 Å². The molecule has 4 rings (SSSR count). The van der Waals surface area contributed by atoms with E-state index in [1.807, 2.05) is 94.6 Å². The highest BCUT2D eigenvalue weighted by atomic mass is 16.4. The lowest BCUT2D eigenvalue weighted by atomic mass is 9.71. The van der Waals surface area contributed by atoms with E-state index in [0.717, 1.165) is 16.8 Å². The summed E-state index contributed by atoms with van der Waals surface area (Å²) in [5, 5.41) is 17.7. The van der Waals surface area contributed by atoms with Gasteiger partial charge in [0, 0.05) is 17.8 Å². The largest absolute Gasteiger partial charge is 0.465 e. The minimum atomic E-state index is -1.21. The zero-order valence-electron chi connectivity index (χ0n) is 19.4. The molecule has 1 aliphatic heterocycles. The van der Waals surface area contributed by atoms with Crippen molar-refractivity contribution < 1.29 is 14.7 Å². The summed E-state index contributed by atoms with van der Waals surface area (Å²) in [6, 6.07) is 19.1. The molecule has 0 bridgehead atoms. The summed E-state index contributed by atoms with van der Waals surface area (Å²) >= 11 is 0. The van der Waals surface area contributed by atoms with Gasteiger partial charge in [-0.2, -0.15) is 0 Å². The van der Waals surface area contributed by atoms with Crippen LogP contribution in [0.15, 0.2) is 66.9 Å². The number of aromatic nitrogens is 2. The van der Waals surface area contributed by atoms with Gasteiger partial charge in [-0.15, -0.1) is 5.10 Å². The summed E-state index contributed by atoms with van der Waals surface area (Å²) in [6.07, 6.45) is 1.89. The molecule has 2 N–H and O–H groups in total. The van der Waals surface area contributed by atoms with Gasteiger partial charge in [0.2, 0.25) is 0 Å². The second-order valence-electron chi connectivity index (χ2n) is 9.64. The molecule has 2 aromatic carbocycles. The molecule has 0 spiro atoms. The van der Waals surface area contributed by atoms with Crippen molar-refractivity contribution in [2.75, 3.05) is 5.32 Å². The van der Waals surface area contributed by atoms with Gasteiger partial charge in [0.05, 0.1) is 5.69 Å². The number of rotatable bonds is 4. The molecule has 172 valence electrons. The van der Waals surface area contributed by atoms with Crippen LogP contribution in [-0.2, 0) is 4.79 Å². The number of anilines is 1. The third-order valence-corrected chi connectivity index (χ3v) is 6.65. The lowest BCUT2D eigenvalue weighted by Gasteiger charge is -2.46. The van der Waals surface area contributed by atoms with Crippen molar-refractivity contribution in [1.29, 1.82) is 0 Å². The van der Waals surface area contributed by atoms with Gasteiger partial charge in [-0.05, 0) is 42.9 Å². The number of carbonyl (C=O) groups is 2. The molecule has 3 aromatic rings. The van der Waals surface area contributed by atoms with Gasteiger partial charge in [-0.3, -0.25) is 9.69 Å². The quantitative estimate of drug-likeness (QED) is 0.560. The van der Waals surface area contributed by atoms with Gasteiger partial charge in [-0.1, -0.05) is 69.3 Å². The van der Waals surface area contributed by atoms with E-state index in [4.69, 9.17) is 0 Å². The molecule has 1 fully saturated rings. The fourth-order valence-corrected chi connectivity index (χ4v) is 4.91. The summed E-state index contributed by atoms with van der Waals surface area (Å²) < 4.78 is 1.73. The second kappa shape index (κ2) is 8.39. The van der Waals surface area contributed by atoms with Crippen LogP contribution in [0.1, 0.15) is 40.5 Å². The van der Waals surface area contributed by atoms with Crippen LogP contribution in [0, 0.1) is 5.41 Å². The summed E-state index contributed by atoms with van der Waals surface area (Å²) in [4.78, 5) is 27.5. The third-order valence-electron chi connectivity index (χ3n) is 6.65. The Morgan fingerprint density at radius 1 is 1.06 bits per heavy atom. The Balaban J connectivity index is 1.80. The number of benzene rings is 2. The van der Waals surface area contributed by atoms with E-state index in [1.165, 1.54) is 4.90 Å². The number of amides is 2. The molecule has 7 heteroatoms. The maximum Gasteiger partial charge on any atom is 0.408 e. The molecule has 0 unspecified atom stereocenters. The molecule has 1 aliphatic rings. The summed E-state index contributed by atoms with van der Waals surface area (Å²) in [5.41, 5.74) is 0.722. The number of likely N-dealkylation sites (tertiary alicyclic amines) is 1. The standard InChI is InChI=1S/C26H30N4O3/c1-18-15-16-26(25(2,3)4,30(18)24(32)33)23(31)27-22-21(19-11-7-5-8-12-19)17-29(28-22)20-13-9-6-10-14-20/h5-14,17-18H,15-16H2,1-4H3,(H,32,33)(H,27,28,31)/t18-,26-/m0/s1. The number of hydrogen-bond acceptors (Lipinski definition) is 3. The van der Waals surface area contributed by atoms with E-state index in [0.29, 0.717) is 18.7 Å². The highest BCUT2D eigenvalue weighted by molar-refractivity contribution is 6.02. The van der Waals surface area contributed by atoms with Crippen LogP contribution in [0.2, 0.25) is 0 Å². The van der Waals surface area contributed by atoms with Gasteiger partial charge in [-0.25, -0.2) is 9.48 Å². The molecular formula is C26H30N4O3. The molecule has 0 aliphatic carbocycles. The molecule has 1 saturated heterocycles. The normalized spacial score (nSPS) is 20.6. The second-order valence-corrected chi connectivity index (χ2v) is 9.64. The molecule has 7 nitrogen and oxygen atoms in total. The third kappa shape index (κ3) is 3.88. The number of nitrogens with one attached hydrogen (secondary N) is 1. The van der Waals surface area contributed by atoms with Gasteiger partial charge < -0.3 is 10.4 Å². The predicted molar refractivity (Wildman–Crippen MR) is 128 cm³/mol. The van der Waals surface area contributed by atoms with Crippen LogP contribution in [0.3, 0.4) is 0 Å². The molecule has 0 radical (unpaired) electrons. The highest BCUT2D eigenvalue weighted by Crippen LogP contribution is 2.47. The lowest BCUT2D eigenvalue weighted by molar-refractivity contribution is -0.132. The Kier molecular flexibility index (Phi) is 5.74. The van der Waals surface area contributed by atoms with Crippen LogP contribution in [-0.4, -0.2) is 43.4 Å². The first kappa shape index (κ1) is 22.6. The van der Waals surface area contributed by atoms with E-state index >= 15 is 0 Å². The summed E-state index contributed by atoms with van der Waals surface area (Å²) in [7, 11) is 0. The van der Waals surface area contributed by atoms with Gasteiger partial charge >= 0.3 is 6.09 Å².